The lowest BCUT2D eigenvalue weighted by atomic mass is 10.1. The first-order chi connectivity index (χ1) is 7.92. The molecule has 0 aliphatic carbocycles. The third-order valence-electron chi connectivity index (χ3n) is 2.70. The Kier molecular flexibility index (Phi) is 2.41. The van der Waals surface area contributed by atoms with Crippen LogP contribution in [-0.4, -0.2) is 39.6 Å². The zero-order valence-corrected chi connectivity index (χ0v) is 8.81. The molecule has 0 spiro atoms. The molecule has 2 N–H and O–H groups in total. The van der Waals surface area contributed by atoms with Crippen molar-refractivity contribution >= 4 is 11.2 Å². The predicted molar refractivity (Wildman–Crippen MR) is 58.2 cm³/mol. The molecule has 2 aromatic heterocycles. The van der Waals surface area contributed by atoms with Gasteiger partial charge in [0.1, 0.15) is 17.4 Å². The molecule has 0 saturated carbocycles. The Morgan fingerprint density at radius 2 is 2.38 bits per heavy atom. The van der Waals surface area contributed by atoms with Crippen molar-refractivity contribution in [2.45, 2.75) is 18.9 Å². The van der Waals surface area contributed by atoms with Gasteiger partial charge in [0.05, 0.1) is 6.20 Å². The number of ether oxygens (including phenoxy) is 1. The number of H-pyrrole nitrogens is 1. The molecule has 6 nitrogen and oxygen atoms in total. The average molecular weight is 219 g/mol. The Hall–Kier alpha value is -1.69. The molecule has 1 fully saturated rings. The zero-order valence-electron chi connectivity index (χ0n) is 8.81. The largest absolute Gasteiger partial charge is 0.487 e. The lowest BCUT2D eigenvalue weighted by Gasteiger charge is -2.23. The topological polar surface area (TPSA) is 75.7 Å². The van der Waals surface area contributed by atoms with Gasteiger partial charge in [-0.1, -0.05) is 0 Å². The Bertz CT molecular complexity index is 477. The minimum atomic E-state index is 0.236. The maximum absolute atomic E-state index is 5.83. The van der Waals surface area contributed by atoms with Crippen molar-refractivity contribution in [3.63, 3.8) is 0 Å². The van der Waals surface area contributed by atoms with Crippen LogP contribution in [0.1, 0.15) is 12.8 Å². The van der Waals surface area contributed by atoms with Gasteiger partial charge in [-0.05, 0) is 19.4 Å². The van der Waals surface area contributed by atoms with Gasteiger partial charge in [0.25, 0.3) is 0 Å². The van der Waals surface area contributed by atoms with E-state index >= 15 is 0 Å². The summed E-state index contributed by atoms with van der Waals surface area (Å²) < 4.78 is 5.83. The van der Waals surface area contributed by atoms with E-state index < -0.39 is 0 Å². The lowest BCUT2D eigenvalue weighted by molar-refractivity contribution is 0.167. The van der Waals surface area contributed by atoms with Crippen LogP contribution in [0.2, 0.25) is 0 Å². The van der Waals surface area contributed by atoms with E-state index in [1.807, 2.05) is 6.07 Å². The number of pyridine rings is 1. The highest BCUT2D eigenvalue weighted by atomic mass is 16.5. The van der Waals surface area contributed by atoms with Crippen molar-refractivity contribution in [1.82, 2.24) is 25.7 Å². The van der Waals surface area contributed by atoms with Crippen molar-refractivity contribution in [2.75, 3.05) is 13.1 Å². The van der Waals surface area contributed by atoms with Gasteiger partial charge in [0, 0.05) is 12.6 Å². The molecule has 0 amide bonds. The van der Waals surface area contributed by atoms with Crippen LogP contribution in [0.15, 0.2) is 12.3 Å². The molecule has 0 radical (unpaired) electrons. The second-order valence-corrected chi connectivity index (χ2v) is 3.92. The van der Waals surface area contributed by atoms with Crippen LogP contribution >= 0.6 is 0 Å². The fourth-order valence-corrected chi connectivity index (χ4v) is 1.90. The van der Waals surface area contributed by atoms with Crippen molar-refractivity contribution in [3.8, 4) is 5.75 Å². The van der Waals surface area contributed by atoms with E-state index in [0.29, 0.717) is 5.65 Å². The number of piperidine rings is 1. The number of hydrogen-bond acceptors (Lipinski definition) is 5. The average Bonchev–Trinajstić information content (AvgIpc) is 2.77. The summed E-state index contributed by atoms with van der Waals surface area (Å²) in [7, 11) is 0. The first-order valence-corrected chi connectivity index (χ1v) is 5.46. The molecule has 3 rings (SSSR count). The van der Waals surface area contributed by atoms with Crippen LogP contribution in [-0.2, 0) is 0 Å². The molecule has 1 aliphatic heterocycles. The van der Waals surface area contributed by atoms with E-state index in [1.54, 1.807) is 6.20 Å². The monoisotopic (exact) mass is 219 g/mol. The molecule has 0 bridgehead atoms. The van der Waals surface area contributed by atoms with Crippen LogP contribution in [0, 0.1) is 0 Å². The number of aromatic amines is 1. The predicted octanol–water partition coefficient (Wildman–Crippen LogP) is 0.484. The van der Waals surface area contributed by atoms with Crippen LogP contribution in [0.3, 0.4) is 0 Å². The zero-order chi connectivity index (χ0) is 10.8. The standard InChI is InChI=1S/C10H13N5O/c1-2-7(5-11-3-1)16-8-4-9-10(12-6-8)14-15-13-9/h4,6-7,11H,1-3,5H2,(H,12,13,14,15). The summed E-state index contributed by atoms with van der Waals surface area (Å²) in [4.78, 5) is 4.16. The number of aromatic nitrogens is 4. The summed E-state index contributed by atoms with van der Waals surface area (Å²) in [6, 6.07) is 1.86. The quantitative estimate of drug-likeness (QED) is 0.768. The van der Waals surface area contributed by atoms with Gasteiger partial charge >= 0.3 is 0 Å². The Morgan fingerprint density at radius 1 is 1.38 bits per heavy atom. The van der Waals surface area contributed by atoms with E-state index in [0.717, 1.165) is 37.2 Å². The van der Waals surface area contributed by atoms with Gasteiger partial charge in [-0.2, -0.15) is 10.3 Å². The smallest absolute Gasteiger partial charge is 0.201 e. The van der Waals surface area contributed by atoms with Crippen molar-refractivity contribution in [2.24, 2.45) is 0 Å². The van der Waals surface area contributed by atoms with Crippen molar-refractivity contribution in [3.05, 3.63) is 12.3 Å². The van der Waals surface area contributed by atoms with Crippen LogP contribution in [0.5, 0.6) is 5.75 Å². The normalized spacial score (nSPS) is 21.1. The molecular formula is C10H13N5O. The second-order valence-electron chi connectivity index (χ2n) is 3.92. The van der Waals surface area contributed by atoms with E-state index in [2.05, 4.69) is 25.7 Å². The summed E-state index contributed by atoms with van der Waals surface area (Å²) in [6.07, 6.45) is 4.17. The van der Waals surface area contributed by atoms with Gasteiger partial charge in [-0.15, -0.1) is 5.10 Å². The highest BCUT2D eigenvalue weighted by Crippen LogP contribution is 2.17. The number of fused-ring (bicyclic) bond motifs is 1. The summed E-state index contributed by atoms with van der Waals surface area (Å²) in [5.74, 6) is 0.759. The highest BCUT2D eigenvalue weighted by molar-refractivity contribution is 5.69. The maximum atomic E-state index is 5.83. The van der Waals surface area contributed by atoms with Gasteiger partial charge in [-0.3, -0.25) is 0 Å². The number of nitrogens with one attached hydrogen (secondary N) is 2. The molecule has 16 heavy (non-hydrogen) atoms. The van der Waals surface area contributed by atoms with Gasteiger partial charge < -0.3 is 10.1 Å². The molecular weight excluding hydrogens is 206 g/mol. The van der Waals surface area contributed by atoms with E-state index in [-0.39, 0.29) is 6.10 Å². The summed E-state index contributed by atoms with van der Waals surface area (Å²) in [5.41, 5.74) is 1.36. The van der Waals surface area contributed by atoms with Crippen LogP contribution in [0.25, 0.3) is 11.2 Å². The molecule has 84 valence electrons. The number of nitrogens with zero attached hydrogens (tertiary/aromatic N) is 3. The van der Waals surface area contributed by atoms with Crippen molar-refractivity contribution in [1.29, 1.82) is 0 Å². The Balaban J connectivity index is 1.77. The molecule has 2 aromatic rings. The third kappa shape index (κ3) is 1.83. The fourth-order valence-electron chi connectivity index (χ4n) is 1.90. The summed E-state index contributed by atoms with van der Waals surface area (Å²) in [5, 5.41) is 13.7. The number of hydrogen-bond donors (Lipinski definition) is 2. The fraction of sp³-hybridized carbons (Fsp3) is 0.500. The molecule has 1 atom stereocenters. The molecule has 6 heteroatoms. The maximum Gasteiger partial charge on any atom is 0.201 e. The molecule has 1 unspecified atom stereocenters. The van der Waals surface area contributed by atoms with E-state index in [9.17, 15) is 0 Å². The van der Waals surface area contributed by atoms with Gasteiger partial charge in [-0.25, -0.2) is 4.98 Å². The minimum Gasteiger partial charge on any atom is -0.487 e. The second kappa shape index (κ2) is 4.05. The van der Waals surface area contributed by atoms with Gasteiger partial charge in [0.2, 0.25) is 5.65 Å². The van der Waals surface area contributed by atoms with Crippen molar-refractivity contribution < 1.29 is 4.74 Å². The van der Waals surface area contributed by atoms with Gasteiger partial charge in [0.15, 0.2) is 0 Å². The molecule has 0 aromatic carbocycles. The highest BCUT2D eigenvalue weighted by Gasteiger charge is 2.14. The lowest BCUT2D eigenvalue weighted by Crippen LogP contribution is -2.37. The SMILES string of the molecule is c1nc2n[nH]nc2cc1OC1CCCNC1. The first-order valence-electron chi connectivity index (χ1n) is 5.46. The molecule has 3 heterocycles. The summed E-state index contributed by atoms with van der Waals surface area (Å²) in [6.45, 7) is 1.98. The Labute approximate surface area is 92.4 Å². The van der Waals surface area contributed by atoms with Crippen LogP contribution < -0.4 is 10.1 Å². The molecule has 1 saturated heterocycles. The Morgan fingerprint density at radius 3 is 3.25 bits per heavy atom. The first kappa shape index (κ1) is 9.53. The van der Waals surface area contributed by atoms with E-state index in [4.69, 9.17) is 4.74 Å². The molecule has 1 aliphatic rings. The minimum absolute atomic E-state index is 0.236. The summed E-state index contributed by atoms with van der Waals surface area (Å²) >= 11 is 0. The van der Waals surface area contributed by atoms with Crippen LogP contribution in [0.4, 0.5) is 0 Å². The van der Waals surface area contributed by atoms with E-state index in [1.165, 1.54) is 0 Å². The third-order valence-corrected chi connectivity index (χ3v) is 2.70. The number of rotatable bonds is 2.